The Morgan fingerprint density at radius 3 is 2.73 bits per heavy atom. The number of rotatable bonds is 4. The predicted octanol–water partition coefficient (Wildman–Crippen LogP) is -0.868. The quantitative estimate of drug-likeness (QED) is 0.566. The summed E-state index contributed by atoms with van der Waals surface area (Å²) in [6.07, 6.45) is 2.67. The Kier molecular flexibility index (Phi) is 2.90. The van der Waals surface area contributed by atoms with Crippen LogP contribution in [-0.2, 0) is 9.59 Å². The maximum atomic E-state index is 11.6. The Balaban J connectivity index is 1.72. The first-order chi connectivity index (χ1) is 7.15. The summed E-state index contributed by atoms with van der Waals surface area (Å²) in [4.78, 5) is 22.5. The normalized spacial score (nSPS) is 27.3. The second kappa shape index (κ2) is 4.18. The third kappa shape index (κ3) is 2.92. The molecular formula is C10H17N3O2. The first-order valence-electron chi connectivity index (χ1n) is 5.48. The van der Waals surface area contributed by atoms with Gasteiger partial charge < -0.3 is 16.0 Å². The number of hydrogen-bond acceptors (Lipinski definition) is 3. The number of nitrogens with one attached hydrogen (secondary N) is 3. The molecule has 5 nitrogen and oxygen atoms in total. The molecule has 1 heterocycles. The Morgan fingerprint density at radius 2 is 2.20 bits per heavy atom. The molecule has 5 heteroatoms. The van der Waals surface area contributed by atoms with Crippen LogP contribution >= 0.6 is 0 Å². The van der Waals surface area contributed by atoms with E-state index in [-0.39, 0.29) is 23.9 Å². The van der Waals surface area contributed by atoms with Crippen LogP contribution in [0, 0.1) is 0 Å². The van der Waals surface area contributed by atoms with Gasteiger partial charge in [0.1, 0.15) is 0 Å². The highest BCUT2D eigenvalue weighted by atomic mass is 16.2. The third-order valence-electron chi connectivity index (χ3n) is 2.78. The van der Waals surface area contributed by atoms with Gasteiger partial charge in [0.05, 0.1) is 6.04 Å². The standard InChI is InChI=1S/C10H17N3O2/c1-6(10(15)13-7-2-3-7)12-8-4-9(14)11-5-8/h6-8,12H,2-5H2,1H3,(H,11,14)(H,13,15). The Morgan fingerprint density at radius 1 is 1.47 bits per heavy atom. The van der Waals surface area contributed by atoms with Gasteiger partial charge in [0, 0.05) is 25.0 Å². The molecule has 2 aliphatic rings. The van der Waals surface area contributed by atoms with Crippen molar-refractivity contribution in [3.8, 4) is 0 Å². The van der Waals surface area contributed by atoms with E-state index in [0.29, 0.717) is 19.0 Å². The van der Waals surface area contributed by atoms with Crippen LogP contribution in [0.3, 0.4) is 0 Å². The summed E-state index contributed by atoms with van der Waals surface area (Å²) in [6, 6.07) is 0.269. The van der Waals surface area contributed by atoms with E-state index in [1.54, 1.807) is 0 Å². The maximum Gasteiger partial charge on any atom is 0.237 e. The van der Waals surface area contributed by atoms with Crippen molar-refractivity contribution in [2.24, 2.45) is 0 Å². The lowest BCUT2D eigenvalue weighted by Gasteiger charge is -2.17. The molecule has 3 N–H and O–H groups in total. The molecule has 0 aromatic rings. The van der Waals surface area contributed by atoms with E-state index >= 15 is 0 Å². The summed E-state index contributed by atoms with van der Waals surface area (Å²) in [7, 11) is 0. The first-order valence-corrected chi connectivity index (χ1v) is 5.48. The van der Waals surface area contributed by atoms with Gasteiger partial charge in [-0.05, 0) is 19.8 Å². The van der Waals surface area contributed by atoms with Gasteiger partial charge in [0.15, 0.2) is 0 Å². The van der Waals surface area contributed by atoms with Crippen molar-refractivity contribution in [2.45, 2.75) is 44.3 Å². The van der Waals surface area contributed by atoms with Crippen LogP contribution in [0.25, 0.3) is 0 Å². The van der Waals surface area contributed by atoms with Crippen molar-refractivity contribution >= 4 is 11.8 Å². The minimum absolute atomic E-state index is 0.0387. The molecule has 2 fully saturated rings. The van der Waals surface area contributed by atoms with Crippen LogP contribution < -0.4 is 16.0 Å². The molecule has 1 aliphatic heterocycles. The summed E-state index contributed by atoms with van der Waals surface area (Å²) in [6.45, 7) is 2.46. The van der Waals surface area contributed by atoms with Crippen LogP contribution in [0.1, 0.15) is 26.2 Å². The zero-order valence-electron chi connectivity index (χ0n) is 8.88. The summed E-state index contributed by atoms with van der Waals surface area (Å²) in [5, 5.41) is 8.81. The van der Waals surface area contributed by atoms with Crippen molar-refractivity contribution in [1.29, 1.82) is 0 Å². The highest BCUT2D eigenvalue weighted by Crippen LogP contribution is 2.18. The van der Waals surface area contributed by atoms with E-state index < -0.39 is 0 Å². The van der Waals surface area contributed by atoms with Crippen LogP contribution in [0.4, 0.5) is 0 Å². The summed E-state index contributed by atoms with van der Waals surface area (Å²) < 4.78 is 0. The number of carbonyl (C=O) groups excluding carboxylic acids is 2. The lowest BCUT2D eigenvalue weighted by atomic mass is 10.2. The average Bonchev–Trinajstić information content (AvgIpc) is 2.90. The number of amides is 2. The highest BCUT2D eigenvalue weighted by Gasteiger charge is 2.28. The van der Waals surface area contributed by atoms with Crippen molar-refractivity contribution in [3.05, 3.63) is 0 Å². The first kappa shape index (κ1) is 10.4. The minimum atomic E-state index is -0.219. The Hall–Kier alpha value is -1.10. The van der Waals surface area contributed by atoms with Gasteiger partial charge in [-0.3, -0.25) is 9.59 Å². The van der Waals surface area contributed by atoms with E-state index in [0.717, 1.165) is 12.8 Å². The van der Waals surface area contributed by atoms with Gasteiger partial charge in [0.2, 0.25) is 11.8 Å². The summed E-state index contributed by atoms with van der Waals surface area (Å²) in [5.41, 5.74) is 0. The van der Waals surface area contributed by atoms with Gasteiger partial charge in [-0.15, -0.1) is 0 Å². The smallest absolute Gasteiger partial charge is 0.237 e. The lowest BCUT2D eigenvalue weighted by molar-refractivity contribution is -0.123. The molecule has 2 atom stereocenters. The fourth-order valence-corrected chi connectivity index (χ4v) is 1.71. The molecule has 1 saturated heterocycles. The molecule has 2 amide bonds. The Bertz CT molecular complexity index is 276. The van der Waals surface area contributed by atoms with Crippen molar-refractivity contribution in [1.82, 2.24) is 16.0 Å². The molecule has 1 saturated carbocycles. The van der Waals surface area contributed by atoms with Gasteiger partial charge >= 0.3 is 0 Å². The fourth-order valence-electron chi connectivity index (χ4n) is 1.71. The molecule has 84 valence electrons. The molecule has 0 bridgehead atoms. The van der Waals surface area contributed by atoms with Gasteiger partial charge in [0.25, 0.3) is 0 Å². The van der Waals surface area contributed by atoms with Gasteiger partial charge in [-0.2, -0.15) is 0 Å². The third-order valence-corrected chi connectivity index (χ3v) is 2.78. The van der Waals surface area contributed by atoms with E-state index in [1.165, 1.54) is 0 Å². The molecular weight excluding hydrogens is 194 g/mol. The molecule has 0 spiro atoms. The van der Waals surface area contributed by atoms with Crippen LogP contribution in [0.2, 0.25) is 0 Å². The SMILES string of the molecule is CC(NC1CNC(=O)C1)C(=O)NC1CC1. The van der Waals surface area contributed by atoms with Crippen LogP contribution in [0.5, 0.6) is 0 Å². The van der Waals surface area contributed by atoms with Crippen LogP contribution in [0.15, 0.2) is 0 Å². The maximum absolute atomic E-state index is 11.6. The second-order valence-electron chi connectivity index (χ2n) is 4.38. The second-order valence-corrected chi connectivity index (χ2v) is 4.38. The summed E-state index contributed by atoms with van der Waals surface area (Å²) >= 11 is 0. The van der Waals surface area contributed by atoms with Crippen molar-refractivity contribution < 1.29 is 9.59 Å². The zero-order chi connectivity index (χ0) is 10.8. The summed E-state index contributed by atoms with van der Waals surface area (Å²) in [5.74, 6) is 0.0964. The van der Waals surface area contributed by atoms with E-state index in [2.05, 4.69) is 16.0 Å². The number of carbonyl (C=O) groups is 2. The van der Waals surface area contributed by atoms with E-state index in [1.807, 2.05) is 6.92 Å². The molecule has 0 aromatic heterocycles. The molecule has 0 radical (unpaired) electrons. The Labute approximate surface area is 89.0 Å². The van der Waals surface area contributed by atoms with E-state index in [9.17, 15) is 9.59 Å². The molecule has 2 rings (SSSR count). The fraction of sp³-hybridized carbons (Fsp3) is 0.800. The highest BCUT2D eigenvalue weighted by molar-refractivity contribution is 5.82. The monoisotopic (exact) mass is 211 g/mol. The van der Waals surface area contributed by atoms with Gasteiger partial charge in [-0.25, -0.2) is 0 Å². The number of hydrogen-bond donors (Lipinski definition) is 3. The van der Waals surface area contributed by atoms with Gasteiger partial charge in [-0.1, -0.05) is 0 Å². The average molecular weight is 211 g/mol. The molecule has 1 aliphatic carbocycles. The minimum Gasteiger partial charge on any atom is -0.354 e. The largest absolute Gasteiger partial charge is 0.354 e. The van der Waals surface area contributed by atoms with E-state index in [4.69, 9.17) is 0 Å². The molecule has 2 unspecified atom stereocenters. The van der Waals surface area contributed by atoms with Crippen LogP contribution in [-0.4, -0.2) is 36.5 Å². The topological polar surface area (TPSA) is 70.2 Å². The van der Waals surface area contributed by atoms with Crippen molar-refractivity contribution in [3.63, 3.8) is 0 Å². The lowest BCUT2D eigenvalue weighted by Crippen LogP contribution is -2.47. The molecule has 0 aromatic carbocycles. The zero-order valence-corrected chi connectivity index (χ0v) is 8.88. The van der Waals surface area contributed by atoms with Crippen molar-refractivity contribution in [2.75, 3.05) is 6.54 Å². The predicted molar refractivity (Wildman–Crippen MR) is 55.2 cm³/mol. The molecule has 15 heavy (non-hydrogen) atoms.